The SMILES string of the molecule is Cc1cccc(N2CCN(c3ncnc4c3c(-c3ccccc3)cn4-c3ccc(F)cc3)CC2C)c1. The second kappa shape index (κ2) is 9.11. The Morgan fingerprint density at radius 2 is 1.67 bits per heavy atom. The number of anilines is 2. The van der Waals surface area contributed by atoms with Gasteiger partial charge < -0.3 is 14.4 Å². The zero-order valence-electron chi connectivity index (χ0n) is 20.5. The van der Waals surface area contributed by atoms with E-state index in [0.717, 1.165) is 53.3 Å². The third kappa shape index (κ3) is 3.98. The lowest BCUT2D eigenvalue weighted by Crippen LogP contribution is -2.52. The molecule has 180 valence electrons. The van der Waals surface area contributed by atoms with Crippen molar-refractivity contribution in [3.63, 3.8) is 0 Å². The van der Waals surface area contributed by atoms with Crippen LogP contribution in [0.15, 0.2) is 91.4 Å². The van der Waals surface area contributed by atoms with Crippen LogP contribution in [0.2, 0.25) is 0 Å². The number of benzene rings is 3. The molecule has 1 unspecified atom stereocenters. The Labute approximate surface area is 210 Å². The molecular formula is C30H28FN5. The molecule has 0 radical (unpaired) electrons. The standard InChI is InChI=1S/C30H28FN5/c1-21-7-6-10-26(17-21)35-16-15-34(18-22(35)2)29-28-27(23-8-4-3-5-9-23)19-36(30(28)33-20-32-29)25-13-11-24(31)12-14-25/h3-14,17,19-20,22H,15-16,18H2,1-2H3. The lowest BCUT2D eigenvalue weighted by Gasteiger charge is -2.42. The van der Waals surface area contributed by atoms with Crippen LogP contribution < -0.4 is 9.80 Å². The summed E-state index contributed by atoms with van der Waals surface area (Å²) in [4.78, 5) is 14.4. The normalized spacial score (nSPS) is 16.0. The summed E-state index contributed by atoms with van der Waals surface area (Å²) < 4.78 is 15.7. The highest BCUT2D eigenvalue weighted by atomic mass is 19.1. The molecule has 0 spiro atoms. The predicted octanol–water partition coefficient (Wildman–Crippen LogP) is 6.25. The van der Waals surface area contributed by atoms with Crippen LogP contribution in [0.1, 0.15) is 12.5 Å². The van der Waals surface area contributed by atoms with E-state index in [1.54, 1.807) is 18.5 Å². The highest BCUT2D eigenvalue weighted by Crippen LogP contribution is 2.37. The van der Waals surface area contributed by atoms with Gasteiger partial charge in [0.05, 0.1) is 5.39 Å². The van der Waals surface area contributed by atoms with Crippen molar-refractivity contribution in [1.29, 1.82) is 0 Å². The van der Waals surface area contributed by atoms with E-state index in [1.807, 2.05) is 22.8 Å². The maximum atomic E-state index is 13.7. The van der Waals surface area contributed by atoms with E-state index in [-0.39, 0.29) is 5.82 Å². The third-order valence-electron chi connectivity index (χ3n) is 7.01. The van der Waals surface area contributed by atoms with E-state index < -0.39 is 0 Å². The van der Waals surface area contributed by atoms with Crippen molar-refractivity contribution in [2.75, 3.05) is 29.4 Å². The van der Waals surface area contributed by atoms with Gasteiger partial charge in [-0.15, -0.1) is 0 Å². The number of rotatable bonds is 4. The predicted molar refractivity (Wildman–Crippen MR) is 144 cm³/mol. The number of hydrogen-bond donors (Lipinski definition) is 0. The topological polar surface area (TPSA) is 37.2 Å². The van der Waals surface area contributed by atoms with Crippen molar-refractivity contribution >= 4 is 22.5 Å². The molecule has 1 saturated heterocycles. The van der Waals surface area contributed by atoms with Crippen molar-refractivity contribution in [1.82, 2.24) is 14.5 Å². The molecule has 1 aliphatic rings. The Bertz CT molecular complexity index is 1510. The zero-order chi connectivity index (χ0) is 24.6. The van der Waals surface area contributed by atoms with Gasteiger partial charge in [-0.2, -0.15) is 0 Å². The summed E-state index contributed by atoms with van der Waals surface area (Å²) in [5.41, 5.74) is 6.40. The minimum atomic E-state index is -0.255. The summed E-state index contributed by atoms with van der Waals surface area (Å²) in [5, 5.41) is 1.02. The van der Waals surface area contributed by atoms with Crippen LogP contribution in [0.25, 0.3) is 27.8 Å². The molecule has 3 aromatic carbocycles. The Kier molecular flexibility index (Phi) is 5.64. The Morgan fingerprint density at radius 1 is 0.861 bits per heavy atom. The largest absolute Gasteiger partial charge is 0.365 e. The fraction of sp³-hybridized carbons (Fsp3) is 0.200. The molecule has 0 amide bonds. The lowest BCUT2D eigenvalue weighted by molar-refractivity contribution is 0.548. The van der Waals surface area contributed by atoms with Gasteiger partial charge >= 0.3 is 0 Å². The maximum Gasteiger partial charge on any atom is 0.150 e. The zero-order valence-corrected chi connectivity index (χ0v) is 20.5. The fourth-order valence-corrected chi connectivity index (χ4v) is 5.26. The van der Waals surface area contributed by atoms with Gasteiger partial charge in [-0.25, -0.2) is 14.4 Å². The number of hydrogen-bond acceptors (Lipinski definition) is 4. The molecular weight excluding hydrogens is 449 g/mol. The summed E-state index contributed by atoms with van der Waals surface area (Å²) in [6.07, 6.45) is 3.74. The number of piperazine rings is 1. The first-order valence-corrected chi connectivity index (χ1v) is 12.3. The van der Waals surface area contributed by atoms with Crippen molar-refractivity contribution in [2.45, 2.75) is 19.9 Å². The average Bonchev–Trinajstić information content (AvgIpc) is 3.29. The third-order valence-corrected chi connectivity index (χ3v) is 7.01. The van der Waals surface area contributed by atoms with E-state index in [9.17, 15) is 4.39 Å². The Balaban J connectivity index is 1.44. The summed E-state index contributed by atoms with van der Waals surface area (Å²) in [7, 11) is 0. The molecule has 1 aliphatic heterocycles. The van der Waals surface area contributed by atoms with Gasteiger partial charge in [-0.05, 0) is 61.4 Å². The molecule has 2 aromatic heterocycles. The van der Waals surface area contributed by atoms with Crippen molar-refractivity contribution in [3.05, 3.63) is 103 Å². The number of aryl methyl sites for hydroxylation is 1. The Morgan fingerprint density at radius 3 is 2.42 bits per heavy atom. The van der Waals surface area contributed by atoms with Crippen LogP contribution in [0, 0.1) is 12.7 Å². The van der Waals surface area contributed by atoms with Gasteiger partial charge in [0.15, 0.2) is 5.65 Å². The minimum Gasteiger partial charge on any atom is -0.365 e. The van der Waals surface area contributed by atoms with E-state index in [2.05, 4.69) is 66.2 Å². The monoisotopic (exact) mass is 477 g/mol. The highest BCUT2D eigenvalue weighted by Gasteiger charge is 2.28. The number of halogens is 1. The number of aromatic nitrogens is 3. The molecule has 1 fully saturated rings. The summed E-state index contributed by atoms with van der Waals surface area (Å²) >= 11 is 0. The molecule has 0 aliphatic carbocycles. The number of fused-ring (bicyclic) bond motifs is 1. The molecule has 5 aromatic rings. The summed E-state index contributed by atoms with van der Waals surface area (Å²) in [6.45, 7) is 7.04. The van der Waals surface area contributed by atoms with E-state index in [1.165, 1.54) is 23.4 Å². The molecule has 0 bridgehead atoms. The van der Waals surface area contributed by atoms with Crippen LogP contribution in [0.3, 0.4) is 0 Å². The van der Waals surface area contributed by atoms with Crippen LogP contribution in [0.5, 0.6) is 0 Å². The van der Waals surface area contributed by atoms with E-state index in [4.69, 9.17) is 9.97 Å². The molecule has 6 heteroatoms. The van der Waals surface area contributed by atoms with E-state index >= 15 is 0 Å². The fourth-order valence-electron chi connectivity index (χ4n) is 5.26. The smallest absolute Gasteiger partial charge is 0.150 e. The molecule has 36 heavy (non-hydrogen) atoms. The van der Waals surface area contributed by atoms with Crippen molar-refractivity contribution in [3.8, 4) is 16.8 Å². The quantitative estimate of drug-likeness (QED) is 0.307. The molecule has 5 nitrogen and oxygen atoms in total. The molecule has 1 atom stereocenters. The average molecular weight is 478 g/mol. The second-order valence-electron chi connectivity index (χ2n) is 9.48. The lowest BCUT2D eigenvalue weighted by atomic mass is 10.1. The summed E-state index contributed by atoms with van der Waals surface area (Å²) in [6, 6.07) is 25.9. The molecule has 0 saturated carbocycles. The van der Waals surface area contributed by atoms with Crippen molar-refractivity contribution < 1.29 is 4.39 Å². The molecule has 3 heterocycles. The van der Waals surface area contributed by atoms with E-state index in [0.29, 0.717) is 6.04 Å². The van der Waals surface area contributed by atoms with Gasteiger partial charge in [0, 0.05) is 48.8 Å². The maximum absolute atomic E-state index is 13.7. The first kappa shape index (κ1) is 22.3. The van der Waals surface area contributed by atoms with Crippen LogP contribution in [0.4, 0.5) is 15.9 Å². The van der Waals surface area contributed by atoms with Gasteiger partial charge in [0.25, 0.3) is 0 Å². The Hall–Kier alpha value is -4.19. The van der Waals surface area contributed by atoms with Crippen LogP contribution >= 0.6 is 0 Å². The molecule has 6 rings (SSSR count). The second-order valence-corrected chi connectivity index (χ2v) is 9.48. The van der Waals surface area contributed by atoms with Crippen LogP contribution in [-0.2, 0) is 0 Å². The first-order chi connectivity index (χ1) is 17.6. The van der Waals surface area contributed by atoms with Crippen LogP contribution in [-0.4, -0.2) is 40.2 Å². The summed E-state index contributed by atoms with van der Waals surface area (Å²) in [5.74, 6) is 0.685. The minimum absolute atomic E-state index is 0.255. The molecule has 0 N–H and O–H groups in total. The van der Waals surface area contributed by atoms with Gasteiger partial charge in [0.1, 0.15) is 18.0 Å². The van der Waals surface area contributed by atoms with Gasteiger partial charge in [0.2, 0.25) is 0 Å². The van der Waals surface area contributed by atoms with Gasteiger partial charge in [-0.1, -0.05) is 42.5 Å². The van der Waals surface area contributed by atoms with Gasteiger partial charge in [-0.3, -0.25) is 0 Å². The number of nitrogens with zero attached hydrogens (tertiary/aromatic N) is 5. The highest BCUT2D eigenvalue weighted by molar-refractivity contribution is 6.02. The van der Waals surface area contributed by atoms with Crippen molar-refractivity contribution in [2.24, 2.45) is 0 Å². The first-order valence-electron chi connectivity index (χ1n) is 12.3.